The molecule has 0 N–H and O–H groups in total. The Bertz CT molecular complexity index is 390. The maximum absolute atomic E-state index is 11.7. The summed E-state index contributed by atoms with van der Waals surface area (Å²) in [5, 5.41) is 4.27. The van der Waals surface area contributed by atoms with Gasteiger partial charge in [-0.15, -0.1) is 0 Å². The Balaban J connectivity index is 2.01. The zero-order valence-electron chi connectivity index (χ0n) is 8.36. The van der Waals surface area contributed by atoms with Crippen LogP contribution in [0.5, 0.6) is 0 Å². The van der Waals surface area contributed by atoms with E-state index in [0.29, 0.717) is 17.9 Å². The molecule has 0 radical (unpaired) electrons. The third-order valence-corrected chi connectivity index (χ3v) is 3.93. The number of nitrogens with zero attached hydrogens (tertiary/aromatic N) is 2. The summed E-state index contributed by atoms with van der Waals surface area (Å²) >= 11 is 0. The van der Waals surface area contributed by atoms with E-state index in [0.717, 1.165) is 5.69 Å². The molecule has 1 unspecified atom stereocenters. The topological polar surface area (TPSA) is 34.9 Å². The number of hydrogen-bond acceptors (Lipinski definition) is 2. The molecule has 3 heteroatoms. The number of hydrogen-bond donors (Lipinski definition) is 0. The molecular weight excluding hydrogens is 176 g/mol. The molecule has 0 bridgehead atoms. The van der Waals surface area contributed by atoms with Gasteiger partial charge < -0.3 is 0 Å². The second-order valence-electron chi connectivity index (χ2n) is 4.81. The number of fused-ring (bicyclic) bond motifs is 1. The van der Waals surface area contributed by atoms with Crippen molar-refractivity contribution in [2.75, 3.05) is 0 Å². The van der Waals surface area contributed by atoms with Crippen molar-refractivity contribution in [2.24, 2.45) is 5.41 Å². The van der Waals surface area contributed by atoms with Crippen molar-refractivity contribution < 1.29 is 4.79 Å². The monoisotopic (exact) mass is 190 g/mol. The molecule has 1 aliphatic heterocycles. The van der Waals surface area contributed by atoms with Crippen molar-refractivity contribution in [1.82, 2.24) is 9.78 Å². The van der Waals surface area contributed by atoms with Crippen molar-refractivity contribution in [1.29, 1.82) is 0 Å². The SMILES string of the molecule is CC1(C2CC(=O)c3ccnn32)CCC1. The van der Waals surface area contributed by atoms with E-state index in [4.69, 9.17) is 0 Å². The summed E-state index contributed by atoms with van der Waals surface area (Å²) < 4.78 is 1.95. The zero-order chi connectivity index (χ0) is 9.76. The van der Waals surface area contributed by atoms with Gasteiger partial charge in [0.1, 0.15) is 5.69 Å². The van der Waals surface area contributed by atoms with Gasteiger partial charge in [-0.3, -0.25) is 9.48 Å². The quantitative estimate of drug-likeness (QED) is 0.680. The highest BCUT2D eigenvalue weighted by molar-refractivity contribution is 5.96. The Morgan fingerprint density at radius 1 is 1.57 bits per heavy atom. The molecular formula is C11H14N2O. The third-order valence-electron chi connectivity index (χ3n) is 3.93. The van der Waals surface area contributed by atoms with Gasteiger partial charge in [0.2, 0.25) is 0 Å². The van der Waals surface area contributed by atoms with Gasteiger partial charge >= 0.3 is 0 Å². The van der Waals surface area contributed by atoms with Gasteiger partial charge in [-0.25, -0.2) is 0 Å². The number of rotatable bonds is 1. The predicted octanol–water partition coefficient (Wildman–Crippen LogP) is 2.20. The highest BCUT2D eigenvalue weighted by Crippen LogP contribution is 2.52. The molecule has 14 heavy (non-hydrogen) atoms. The highest BCUT2D eigenvalue weighted by Gasteiger charge is 2.46. The van der Waals surface area contributed by atoms with E-state index in [2.05, 4.69) is 12.0 Å². The molecule has 3 nitrogen and oxygen atoms in total. The van der Waals surface area contributed by atoms with Crippen LogP contribution in [0, 0.1) is 5.41 Å². The van der Waals surface area contributed by atoms with E-state index in [-0.39, 0.29) is 5.78 Å². The molecule has 3 rings (SSSR count). The molecule has 74 valence electrons. The summed E-state index contributed by atoms with van der Waals surface area (Å²) in [7, 11) is 0. The van der Waals surface area contributed by atoms with Crippen LogP contribution in [0.2, 0.25) is 0 Å². The van der Waals surface area contributed by atoms with E-state index in [1.807, 2.05) is 10.7 Å². The normalized spacial score (nSPS) is 28.6. The highest BCUT2D eigenvalue weighted by atomic mass is 16.1. The minimum atomic E-state index is 0.264. The fourth-order valence-corrected chi connectivity index (χ4v) is 2.76. The van der Waals surface area contributed by atoms with Gasteiger partial charge in [0, 0.05) is 12.6 Å². The lowest BCUT2D eigenvalue weighted by Crippen LogP contribution is -2.35. The van der Waals surface area contributed by atoms with Crippen molar-refractivity contribution in [2.45, 2.75) is 38.6 Å². The Kier molecular flexibility index (Phi) is 1.45. The molecule has 1 aliphatic carbocycles. The van der Waals surface area contributed by atoms with Gasteiger partial charge in [0.25, 0.3) is 0 Å². The average molecular weight is 190 g/mol. The number of carbonyl (C=O) groups is 1. The molecule has 1 aromatic heterocycles. The molecule has 0 spiro atoms. The molecule has 1 fully saturated rings. The van der Waals surface area contributed by atoms with Crippen LogP contribution in [0.4, 0.5) is 0 Å². The molecule has 2 aliphatic rings. The first-order valence-corrected chi connectivity index (χ1v) is 5.27. The molecule has 2 heterocycles. The Labute approximate surface area is 83.1 Å². The summed E-state index contributed by atoms with van der Waals surface area (Å²) in [4.78, 5) is 11.7. The van der Waals surface area contributed by atoms with Gasteiger partial charge in [-0.1, -0.05) is 13.3 Å². The second-order valence-corrected chi connectivity index (χ2v) is 4.81. The second kappa shape index (κ2) is 2.47. The summed E-state index contributed by atoms with van der Waals surface area (Å²) in [5.41, 5.74) is 1.13. The first-order chi connectivity index (χ1) is 6.71. The Morgan fingerprint density at radius 3 is 3.00 bits per heavy atom. The number of aromatic nitrogens is 2. The van der Waals surface area contributed by atoms with Crippen LogP contribution in [0.25, 0.3) is 0 Å². The van der Waals surface area contributed by atoms with Crippen LogP contribution < -0.4 is 0 Å². The Morgan fingerprint density at radius 2 is 2.36 bits per heavy atom. The maximum Gasteiger partial charge on any atom is 0.183 e. The van der Waals surface area contributed by atoms with E-state index in [1.165, 1.54) is 19.3 Å². The minimum absolute atomic E-state index is 0.264. The van der Waals surface area contributed by atoms with Gasteiger partial charge in [-0.2, -0.15) is 5.10 Å². The predicted molar refractivity (Wildman–Crippen MR) is 52.2 cm³/mol. The molecule has 1 aromatic rings. The lowest BCUT2D eigenvalue weighted by atomic mass is 9.65. The zero-order valence-corrected chi connectivity index (χ0v) is 8.36. The van der Waals surface area contributed by atoms with E-state index >= 15 is 0 Å². The lowest BCUT2D eigenvalue weighted by Gasteiger charge is -2.43. The van der Waals surface area contributed by atoms with Crippen molar-refractivity contribution in [3.05, 3.63) is 18.0 Å². The smallest absolute Gasteiger partial charge is 0.183 e. The van der Waals surface area contributed by atoms with Crippen LogP contribution >= 0.6 is 0 Å². The molecule has 0 aromatic carbocycles. The minimum Gasteiger partial charge on any atom is -0.292 e. The van der Waals surface area contributed by atoms with Crippen LogP contribution in [0.3, 0.4) is 0 Å². The van der Waals surface area contributed by atoms with Crippen molar-refractivity contribution >= 4 is 5.78 Å². The van der Waals surface area contributed by atoms with Gasteiger partial charge in [0.15, 0.2) is 5.78 Å². The summed E-state index contributed by atoms with van der Waals surface area (Å²) in [5.74, 6) is 0.264. The van der Waals surface area contributed by atoms with Gasteiger partial charge in [-0.05, 0) is 24.3 Å². The van der Waals surface area contributed by atoms with E-state index < -0.39 is 0 Å². The largest absolute Gasteiger partial charge is 0.292 e. The van der Waals surface area contributed by atoms with Crippen LogP contribution in [-0.2, 0) is 0 Å². The Hall–Kier alpha value is -1.12. The molecule has 0 saturated heterocycles. The lowest BCUT2D eigenvalue weighted by molar-refractivity contribution is 0.0697. The van der Waals surface area contributed by atoms with Gasteiger partial charge in [0.05, 0.1) is 6.04 Å². The third kappa shape index (κ3) is 0.873. The first kappa shape index (κ1) is 8.21. The number of carbonyl (C=O) groups excluding carboxylic acids is 1. The molecule has 1 saturated carbocycles. The van der Waals surface area contributed by atoms with Crippen LogP contribution in [0.15, 0.2) is 12.3 Å². The van der Waals surface area contributed by atoms with E-state index in [1.54, 1.807) is 6.20 Å². The summed E-state index contributed by atoms with van der Waals surface area (Å²) in [6.45, 7) is 2.28. The fourth-order valence-electron chi connectivity index (χ4n) is 2.76. The number of Topliss-reactive ketones (excluding diaryl/α,β-unsaturated/α-hetero) is 1. The average Bonchev–Trinajstić information content (AvgIpc) is 2.66. The van der Waals surface area contributed by atoms with Crippen molar-refractivity contribution in [3.63, 3.8) is 0 Å². The van der Waals surface area contributed by atoms with E-state index in [9.17, 15) is 4.79 Å². The van der Waals surface area contributed by atoms with Crippen LogP contribution in [0.1, 0.15) is 49.1 Å². The first-order valence-electron chi connectivity index (χ1n) is 5.27. The van der Waals surface area contributed by atoms with Crippen LogP contribution in [-0.4, -0.2) is 15.6 Å². The molecule has 1 atom stereocenters. The summed E-state index contributed by atoms with van der Waals surface area (Å²) in [6.07, 6.45) is 6.19. The molecule has 0 amide bonds. The maximum atomic E-state index is 11.7. The number of ketones is 1. The van der Waals surface area contributed by atoms with Crippen molar-refractivity contribution in [3.8, 4) is 0 Å². The summed E-state index contributed by atoms with van der Waals surface area (Å²) in [6, 6.07) is 2.17. The fraction of sp³-hybridized carbons (Fsp3) is 0.636. The standard InChI is InChI=1S/C11H14N2O/c1-11(4-2-5-11)10-7-9(14)8-3-6-12-13(8)10/h3,6,10H,2,4-5,7H2,1H3.